The molecule has 26 heavy (non-hydrogen) atoms. The zero-order chi connectivity index (χ0) is 18.1. The number of benzene rings is 2. The Balaban J connectivity index is 1.67. The van der Waals surface area contributed by atoms with Gasteiger partial charge in [-0.05, 0) is 50.3 Å². The molecule has 2 heterocycles. The van der Waals surface area contributed by atoms with Gasteiger partial charge in [-0.25, -0.2) is 0 Å². The Labute approximate surface area is 156 Å². The van der Waals surface area contributed by atoms with Crippen molar-refractivity contribution in [2.45, 2.75) is 20.0 Å². The van der Waals surface area contributed by atoms with Crippen molar-refractivity contribution in [3.63, 3.8) is 0 Å². The molecule has 2 aromatic carbocycles. The van der Waals surface area contributed by atoms with Gasteiger partial charge in [-0.1, -0.05) is 17.7 Å². The standard InChI is InChI=1S/C19H19N3O3S/c1-12-3-6-15(7-4-12)25-13(2)18-20-21-19(26)22(18)14-5-8-16-17(11-14)24-10-9-23-16/h3-8,11,13H,9-10H2,1-2H3,(H,21,26)/t13-/m0/s1. The predicted octanol–water partition coefficient (Wildman–Crippen LogP) is 4.15. The zero-order valence-electron chi connectivity index (χ0n) is 14.6. The first kappa shape index (κ1) is 16.7. The summed E-state index contributed by atoms with van der Waals surface area (Å²) < 4.78 is 19.6. The molecule has 6 nitrogen and oxygen atoms in total. The van der Waals surface area contributed by atoms with E-state index in [9.17, 15) is 0 Å². The van der Waals surface area contributed by atoms with Crippen molar-refractivity contribution in [2.24, 2.45) is 0 Å². The van der Waals surface area contributed by atoms with Gasteiger partial charge in [0.05, 0.1) is 5.69 Å². The number of fused-ring (bicyclic) bond motifs is 1. The zero-order valence-corrected chi connectivity index (χ0v) is 15.4. The number of hydrogen-bond acceptors (Lipinski definition) is 5. The molecule has 1 atom stereocenters. The summed E-state index contributed by atoms with van der Waals surface area (Å²) in [5.74, 6) is 2.91. The molecule has 0 saturated heterocycles. The number of aromatic nitrogens is 3. The van der Waals surface area contributed by atoms with Crippen molar-refractivity contribution in [3.05, 3.63) is 58.6 Å². The van der Waals surface area contributed by atoms with Gasteiger partial charge in [0.25, 0.3) is 0 Å². The van der Waals surface area contributed by atoms with Crippen molar-refractivity contribution in [1.29, 1.82) is 0 Å². The van der Waals surface area contributed by atoms with E-state index in [1.165, 1.54) is 5.56 Å². The highest BCUT2D eigenvalue weighted by molar-refractivity contribution is 7.71. The number of ether oxygens (including phenoxy) is 3. The van der Waals surface area contributed by atoms with Gasteiger partial charge in [0.2, 0.25) is 0 Å². The van der Waals surface area contributed by atoms with E-state index in [0.29, 0.717) is 29.6 Å². The molecule has 0 saturated carbocycles. The van der Waals surface area contributed by atoms with Gasteiger partial charge < -0.3 is 14.2 Å². The van der Waals surface area contributed by atoms with Crippen molar-refractivity contribution >= 4 is 12.2 Å². The summed E-state index contributed by atoms with van der Waals surface area (Å²) in [5, 5.41) is 7.22. The van der Waals surface area contributed by atoms with Crippen molar-refractivity contribution in [3.8, 4) is 22.9 Å². The van der Waals surface area contributed by atoms with Gasteiger partial charge in [-0.2, -0.15) is 5.10 Å². The fourth-order valence-corrected chi connectivity index (χ4v) is 3.12. The lowest BCUT2D eigenvalue weighted by atomic mass is 10.2. The van der Waals surface area contributed by atoms with Crippen LogP contribution in [0.5, 0.6) is 17.2 Å². The lowest BCUT2D eigenvalue weighted by Crippen LogP contribution is -2.16. The maximum Gasteiger partial charge on any atom is 0.199 e. The second-order valence-corrected chi connectivity index (χ2v) is 6.51. The third-order valence-electron chi connectivity index (χ3n) is 4.18. The molecule has 1 N–H and O–H groups in total. The van der Waals surface area contributed by atoms with Gasteiger partial charge in [0, 0.05) is 6.07 Å². The third-order valence-corrected chi connectivity index (χ3v) is 4.45. The van der Waals surface area contributed by atoms with Crippen LogP contribution < -0.4 is 14.2 Å². The predicted molar refractivity (Wildman–Crippen MR) is 100.0 cm³/mol. The molecule has 3 aromatic rings. The molecule has 1 aliphatic heterocycles. The first-order valence-electron chi connectivity index (χ1n) is 8.42. The third kappa shape index (κ3) is 3.17. The van der Waals surface area contributed by atoms with E-state index in [1.54, 1.807) is 0 Å². The highest BCUT2D eigenvalue weighted by atomic mass is 32.1. The minimum Gasteiger partial charge on any atom is -0.486 e. The minimum absolute atomic E-state index is 0.293. The fraction of sp³-hybridized carbons (Fsp3) is 0.263. The van der Waals surface area contributed by atoms with Crippen molar-refractivity contribution in [2.75, 3.05) is 13.2 Å². The highest BCUT2D eigenvalue weighted by Crippen LogP contribution is 2.33. The van der Waals surface area contributed by atoms with Crippen LogP contribution in [0.3, 0.4) is 0 Å². The maximum absolute atomic E-state index is 6.04. The number of rotatable bonds is 4. The molecule has 134 valence electrons. The smallest absolute Gasteiger partial charge is 0.199 e. The van der Waals surface area contributed by atoms with Crippen LogP contribution >= 0.6 is 12.2 Å². The Hall–Kier alpha value is -2.80. The fourth-order valence-electron chi connectivity index (χ4n) is 2.88. The number of nitrogens with zero attached hydrogens (tertiary/aromatic N) is 2. The molecule has 0 bridgehead atoms. The summed E-state index contributed by atoms with van der Waals surface area (Å²) in [4.78, 5) is 0. The van der Waals surface area contributed by atoms with E-state index in [2.05, 4.69) is 10.2 Å². The normalized spacial score (nSPS) is 14.1. The van der Waals surface area contributed by atoms with E-state index in [4.69, 9.17) is 26.4 Å². The molecule has 1 aromatic heterocycles. The molecule has 0 unspecified atom stereocenters. The van der Waals surface area contributed by atoms with Crippen LogP contribution in [0, 0.1) is 11.7 Å². The molecule has 0 amide bonds. The summed E-state index contributed by atoms with van der Waals surface area (Å²) in [5.41, 5.74) is 2.03. The molecular formula is C19H19N3O3S. The number of H-pyrrole nitrogens is 1. The number of aryl methyl sites for hydroxylation is 1. The number of nitrogens with one attached hydrogen (secondary N) is 1. The molecule has 7 heteroatoms. The summed E-state index contributed by atoms with van der Waals surface area (Å²) >= 11 is 5.43. The van der Waals surface area contributed by atoms with Crippen molar-refractivity contribution < 1.29 is 14.2 Å². The first-order valence-corrected chi connectivity index (χ1v) is 8.83. The number of aromatic amines is 1. The van der Waals surface area contributed by atoms with Gasteiger partial charge in [0.15, 0.2) is 28.2 Å². The topological polar surface area (TPSA) is 61.3 Å². The van der Waals surface area contributed by atoms with Crippen LogP contribution in [0.25, 0.3) is 5.69 Å². The first-order chi connectivity index (χ1) is 12.6. The largest absolute Gasteiger partial charge is 0.486 e. The second-order valence-electron chi connectivity index (χ2n) is 6.12. The second kappa shape index (κ2) is 6.84. The molecule has 0 fully saturated rings. The van der Waals surface area contributed by atoms with Crippen LogP contribution in [0.15, 0.2) is 42.5 Å². The van der Waals surface area contributed by atoms with Crippen LogP contribution in [0.2, 0.25) is 0 Å². The van der Waals surface area contributed by atoms with Gasteiger partial charge >= 0.3 is 0 Å². The molecule has 0 spiro atoms. The van der Waals surface area contributed by atoms with E-state index in [1.807, 2.05) is 60.9 Å². The summed E-state index contributed by atoms with van der Waals surface area (Å²) in [7, 11) is 0. The van der Waals surface area contributed by atoms with Crippen LogP contribution in [-0.2, 0) is 0 Å². The highest BCUT2D eigenvalue weighted by Gasteiger charge is 2.19. The Bertz CT molecular complexity index is 978. The quantitative estimate of drug-likeness (QED) is 0.700. The van der Waals surface area contributed by atoms with Gasteiger partial charge in [-0.3, -0.25) is 9.67 Å². The summed E-state index contributed by atoms with van der Waals surface area (Å²) in [6.45, 7) is 5.08. The van der Waals surface area contributed by atoms with E-state index < -0.39 is 0 Å². The summed E-state index contributed by atoms with van der Waals surface area (Å²) in [6, 6.07) is 13.6. The van der Waals surface area contributed by atoms with Crippen LogP contribution in [0.4, 0.5) is 0 Å². The maximum atomic E-state index is 6.04. The van der Waals surface area contributed by atoms with Gasteiger partial charge in [0.1, 0.15) is 19.0 Å². The lowest BCUT2D eigenvalue weighted by Gasteiger charge is -2.20. The molecular weight excluding hydrogens is 350 g/mol. The van der Waals surface area contributed by atoms with Gasteiger partial charge in [-0.15, -0.1) is 0 Å². The average Bonchev–Trinajstić information content (AvgIpc) is 3.05. The van der Waals surface area contributed by atoms with Crippen LogP contribution in [0.1, 0.15) is 24.4 Å². The molecule has 1 aliphatic rings. The lowest BCUT2D eigenvalue weighted by molar-refractivity contribution is 0.171. The molecule has 0 aliphatic carbocycles. The Morgan fingerprint density at radius 1 is 1.12 bits per heavy atom. The summed E-state index contributed by atoms with van der Waals surface area (Å²) in [6.07, 6.45) is -0.293. The SMILES string of the molecule is Cc1ccc(O[C@@H](C)c2n[nH]c(=S)n2-c2ccc3c(c2)OCCO3)cc1. The van der Waals surface area contributed by atoms with Crippen molar-refractivity contribution in [1.82, 2.24) is 14.8 Å². The van der Waals surface area contributed by atoms with E-state index in [0.717, 1.165) is 17.2 Å². The Kier molecular flexibility index (Phi) is 4.38. The molecule has 4 rings (SSSR count). The van der Waals surface area contributed by atoms with E-state index in [-0.39, 0.29) is 6.10 Å². The monoisotopic (exact) mass is 369 g/mol. The van der Waals surface area contributed by atoms with Crippen LogP contribution in [-0.4, -0.2) is 28.0 Å². The van der Waals surface area contributed by atoms with E-state index >= 15 is 0 Å². The Morgan fingerprint density at radius 2 is 1.85 bits per heavy atom. The molecule has 0 radical (unpaired) electrons. The Morgan fingerprint density at radius 3 is 2.62 bits per heavy atom. The number of hydrogen-bond donors (Lipinski definition) is 1. The minimum atomic E-state index is -0.293. The average molecular weight is 369 g/mol.